The molecule has 0 radical (unpaired) electrons. The van der Waals surface area contributed by atoms with Crippen molar-refractivity contribution in [2.75, 3.05) is 13.1 Å². The van der Waals surface area contributed by atoms with Crippen LogP contribution < -0.4 is 0 Å². The maximum absolute atomic E-state index is 13.4. The summed E-state index contributed by atoms with van der Waals surface area (Å²) >= 11 is 0. The van der Waals surface area contributed by atoms with E-state index in [1.807, 2.05) is 0 Å². The summed E-state index contributed by atoms with van der Waals surface area (Å²) in [6.45, 7) is 0.179. The van der Waals surface area contributed by atoms with E-state index in [2.05, 4.69) is 0 Å². The van der Waals surface area contributed by atoms with Gasteiger partial charge in [0.05, 0.1) is 6.10 Å². The molecular formula is C12H12F5NO. The molecule has 1 saturated heterocycles. The second kappa shape index (κ2) is 5.42. The Morgan fingerprint density at radius 1 is 0.947 bits per heavy atom. The minimum Gasteiger partial charge on any atom is -0.392 e. The van der Waals surface area contributed by atoms with Crippen molar-refractivity contribution >= 4 is 0 Å². The first-order valence-corrected chi connectivity index (χ1v) is 5.82. The van der Waals surface area contributed by atoms with Crippen molar-refractivity contribution in [2.24, 2.45) is 0 Å². The van der Waals surface area contributed by atoms with Crippen LogP contribution in [0, 0.1) is 29.1 Å². The third kappa shape index (κ3) is 2.71. The summed E-state index contributed by atoms with van der Waals surface area (Å²) in [5, 5.41) is 9.41. The van der Waals surface area contributed by atoms with E-state index in [0.29, 0.717) is 19.4 Å². The Hall–Kier alpha value is -1.21. The van der Waals surface area contributed by atoms with Crippen LogP contribution in [-0.4, -0.2) is 29.2 Å². The first-order valence-electron chi connectivity index (χ1n) is 5.82. The summed E-state index contributed by atoms with van der Waals surface area (Å²) in [7, 11) is 0. The average Bonchev–Trinajstić information content (AvgIpc) is 2.39. The van der Waals surface area contributed by atoms with Gasteiger partial charge in [0.2, 0.25) is 5.82 Å². The van der Waals surface area contributed by atoms with Gasteiger partial charge in [-0.2, -0.15) is 0 Å². The van der Waals surface area contributed by atoms with Crippen molar-refractivity contribution in [3.63, 3.8) is 0 Å². The molecule has 1 fully saturated rings. The third-order valence-electron chi connectivity index (χ3n) is 3.16. The lowest BCUT2D eigenvalue weighted by Gasteiger charge is -2.30. The Labute approximate surface area is 106 Å². The van der Waals surface area contributed by atoms with Gasteiger partial charge in [0, 0.05) is 18.7 Å². The molecule has 1 aromatic carbocycles. The molecule has 1 heterocycles. The molecule has 106 valence electrons. The summed E-state index contributed by atoms with van der Waals surface area (Å²) in [5.41, 5.74) is -0.856. The predicted molar refractivity (Wildman–Crippen MR) is 56.7 cm³/mol. The summed E-state index contributed by atoms with van der Waals surface area (Å²) < 4.78 is 65.8. The van der Waals surface area contributed by atoms with Crippen LogP contribution in [0.15, 0.2) is 0 Å². The number of benzene rings is 1. The van der Waals surface area contributed by atoms with Gasteiger partial charge in [0.15, 0.2) is 23.3 Å². The van der Waals surface area contributed by atoms with E-state index in [9.17, 15) is 27.1 Å². The molecule has 19 heavy (non-hydrogen) atoms. The van der Waals surface area contributed by atoms with E-state index >= 15 is 0 Å². The Morgan fingerprint density at radius 2 is 1.47 bits per heavy atom. The van der Waals surface area contributed by atoms with Crippen LogP contribution in [0.5, 0.6) is 0 Å². The molecular weight excluding hydrogens is 269 g/mol. The molecule has 1 N–H and O–H groups in total. The highest BCUT2D eigenvalue weighted by Crippen LogP contribution is 2.25. The second-order valence-corrected chi connectivity index (χ2v) is 4.58. The smallest absolute Gasteiger partial charge is 0.200 e. The number of likely N-dealkylation sites (tertiary alicyclic amines) is 1. The van der Waals surface area contributed by atoms with Crippen molar-refractivity contribution in [3.05, 3.63) is 34.6 Å². The fraction of sp³-hybridized carbons (Fsp3) is 0.500. The topological polar surface area (TPSA) is 23.5 Å². The molecule has 1 atom stereocenters. The number of nitrogens with zero attached hydrogens (tertiary/aromatic N) is 1. The SMILES string of the molecule is OC1CCCN(Cc2c(F)c(F)c(F)c(F)c2F)C1. The van der Waals surface area contributed by atoms with Crippen LogP contribution >= 0.6 is 0 Å². The van der Waals surface area contributed by atoms with Gasteiger partial charge in [-0.3, -0.25) is 4.90 Å². The molecule has 7 heteroatoms. The minimum atomic E-state index is -2.16. The maximum atomic E-state index is 13.4. The minimum absolute atomic E-state index is 0.152. The molecule has 0 amide bonds. The zero-order valence-electron chi connectivity index (χ0n) is 9.90. The first-order chi connectivity index (χ1) is 8.91. The standard InChI is InChI=1S/C12H12F5NO/c13-8-7(5-18-3-1-2-6(19)4-18)9(14)11(16)12(17)10(8)15/h6,19H,1-5H2. The van der Waals surface area contributed by atoms with E-state index in [1.54, 1.807) is 0 Å². The van der Waals surface area contributed by atoms with Crippen molar-refractivity contribution in [1.82, 2.24) is 4.90 Å². The number of hydrogen-bond donors (Lipinski definition) is 1. The maximum Gasteiger partial charge on any atom is 0.200 e. The molecule has 1 aliphatic rings. The molecule has 0 aliphatic carbocycles. The van der Waals surface area contributed by atoms with E-state index in [-0.39, 0.29) is 6.54 Å². The van der Waals surface area contributed by atoms with Crippen LogP contribution in [-0.2, 0) is 6.54 Å². The number of rotatable bonds is 2. The van der Waals surface area contributed by atoms with Gasteiger partial charge in [-0.05, 0) is 19.4 Å². The molecule has 0 spiro atoms. The van der Waals surface area contributed by atoms with E-state index in [4.69, 9.17) is 0 Å². The van der Waals surface area contributed by atoms with Crippen LogP contribution in [0.25, 0.3) is 0 Å². The number of piperidine rings is 1. The summed E-state index contributed by atoms with van der Waals surface area (Å²) in [5.74, 6) is -9.65. The number of aliphatic hydroxyl groups is 1. The van der Waals surface area contributed by atoms with Crippen LogP contribution in [0.4, 0.5) is 22.0 Å². The zero-order valence-corrected chi connectivity index (χ0v) is 9.90. The molecule has 1 aromatic rings. The van der Waals surface area contributed by atoms with Gasteiger partial charge in [-0.25, -0.2) is 22.0 Å². The fourth-order valence-electron chi connectivity index (χ4n) is 2.19. The highest BCUT2D eigenvalue weighted by atomic mass is 19.2. The quantitative estimate of drug-likeness (QED) is 0.511. The molecule has 1 aliphatic heterocycles. The van der Waals surface area contributed by atoms with Gasteiger partial charge in [-0.15, -0.1) is 0 Å². The molecule has 0 aromatic heterocycles. The van der Waals surface area contributed by atoms with Crippen molar-refractivity contribution in [2.45, 2.75) is 25.5 Å². The largest absolute Gasteiger partial charge is 0.392 e. The van der Waals surface area contributed by atoms with Gasteiger partial charge >= 0.3 is 0 Å². The highest BCUT2D eigenvalue weighted by molar-refractivity contribution is 5.24. The summed E-state index contributed by atoms with van der Waals surface area (Å²) in [6.07, 6.45) is 0.527. The van der Waals surface area contributed by atoms with Gasteiger partial charge < -0.3 is 5.11 Å². The first kappa shape index (κ1) is 14.2. The molecule has 2 nitrogen and oxygen atoms in total. The lowest BCUT2D eigenvalue weighted by atomic mass is 10.1. The average molecular weight is 281 g/mol. The molecule has 0 bridgehead atoms. The van der Waals surface area contributed by atoms with Crippen molar-refractivity contribution in [3.8, 4) is 0 Å². The second-order valence-electron chi connectivity index (χ2n) is 4.58. The Bertz CT molecular complexity index is 464. The van der Waals surface area contributed by atoms with Crippen LogP contribution in [0.2, 0.25) is 0 Å². The number of β-amino-alcohol motifs (C(OH)–C–C–N with tert-alkyl or cyclic N) is 1. The predicted octanol–water partition coefficient (Wildman–Crippen LogP) is 2.34. The molecule has 0 saturated carbocycles. The van der Waals surface area contributed by atoms with Crippen LogP contribution in [0.1, 0.15) is 18.4 Å². The lowest BCUT2D eigenvalue weighted by Crippen LogP contribution is -2.38. The number of halogens is 5. The van der Waals surface area contributed by atoms with Crippen molar-refractivity contribution < 1.29 is 27.1 Å². The summed E-state index contributed by atoms with van der Waals surface area (Å²) in [4.78, 5) is 1.46. The van der Waals surface area contributed by atoms with E-state index < -0.39 is 47.3 Å². The van der Waals surface area contributed by atoms with Crippen LogP contribution in [0.3, 0.4) is 0 Å². The Balaban J connectivity index is 2.30. The Kier molecular flexibility index (Phi) is 4.05. The van der Waals surface area contributed by atoms with Gasteiger partial charge in [-0.1, -0.05) is 0 Å². The van der Waals surface area contributed by atoms with Gasteiger partial charge in [0.1, 0.15) is 0 Å². The monoisotopic (exact) mass is 281 g/mol. The molecule has 2 rings (SSSR count). The van der Waals surface area contributed by atoms with E-state index in [0.717, 1.165) is 0 Å². The fourth-order valence-corrected chi connectivity index (χ4v) is 2.19. The zero-order chi connectivity index (χ0) is 14.2. The summed E-state index contributed by atoms with van der Waals surface area (Å²) in [6, 6.07) is 0. The number of aliphatic hydroxyl groups excluding tert-OH is 1. The third-order valence-corrected chi connectivity index (χ3v) is 3.16. The normalized spacial score (nSPS) is 20.8. The number of hydrogen-bond acceptors (Lipinski definition) is 2. The van der Waals surface area contributed by atoms with Crippen molar-refractivity contribution in [1.29, 1.82) is 0 Å². The lowest BCUT2D eigenvalue weighted by molar-refractivity contribution is 0.0653. The molecule has 1 unspecified atom stereocenters. The highest BCUT2D eigenvalue weighted by Gasteiger charge is 2.28. The van der Waals surface area contributed by atoms with Gasteiger partial charge in [0.25, 0.3) is 0 Å². The Morgan fingerprint density at radius 3 is 2.00 bits per heavy atom. The van der Waals surface area contributed by atoms with E-state index in [1.165, 1.54) is 4.90 Å².